The van der Waals surface area contributed by atoms with Gasteiger partial charge in [0.25, 0.3) is 5.56 Å². The highest BCUT2D eigenvalue weighted by atomic mass is 16.6. The second-order valence-electron chi connectivity index (χ2n) is 12.3. The molecule has 0 aliphatic carbocycles. The highest BCUT2D eigenvalue weighted by Crippen LogP contribution is 2.38. The number of nitriles is 1. The minimum absolute atomic E-state index is 0.0416. The summed E-state index contributed by atoms with van der Waals surface area (Å²) in [5.41, 5.74) is 1.18. The topological polar surface area (TPSA) is 128 Å². The molecule has 4 heterocycles. The molecule has 1 aromatic carbocycles. The molecular formula is C30H39N7O3. The Kier molecular flexibility index (Phi) is 7.36. The van der Waals surface area contributed by atoms with Crippen molar-refractivity contribution in [3.8, 4) is 6.07 Å². The number of aromatic nitrogens is 3. The summed E-state index contributed by atoms with van der Waals surface area (Å²) in [6, 6.07) is 12.4. The summed E-state index contributed by atoms with van der Waals surface area (Å²) in [6.07, 6.45) is 5.99. The Labute approximate surface area is 234 Å². The van der Waals surface area contributed by atoms with Crippen molar-refractivity contribution < 1.29 is 9.53 Å². The number of carbonyl (C=O) groups is 1. The molecule has 5 rings (SSSR count). The van der Waals surface area contributed by atoms with Crippen molar-refractivity contribution in [2.75, 3.05) is 25.0 Å². The first-order chi connectivity index (χ1) is 19.0. The molecule has 1 atom stereocenters. The fourth-order valence-electron chi connectivity index (χ4n) is 5.93. The Morgan fingerprint density at radius 1 is 1.15 bits per heavy atom. The monoisotopic (exact) mass is 545 g/mol. The number of fused-ring (bicyclic) bond motifs is 1. The van der Waals surface area contributed by atoms with Crippen LogP contribution in [0.3, 0.4) is 0 Å². The number of amides is 1. The predicted octanol–water partition coefficient (Wildman–Crippen LogP) is 5.10. The Balaban J connectivity index is 1.44. The van der Waals surface area contributed by atoms with Gasteiger partial charge < -0.3 is 25.3 Å². The summed E-state index contributed by atoms with van der Waals surface area (Å²) in [4.78, 5) is 30.2. The van der Waals surface area contributed by atoms with Crippen molar-refractivity contribution in [3.05, 3.63) is 52.4 Å². The summed E-state index contributed by atoms with van der Waals surface area (Å²) < 4.78 is 7.39. The first-order valence-corrected chi connectivity index (χ1v) is 14.1. The van der Waals surface area contributed by atoms with Gasteiger partial charge in [0, 0.05) is 30.5 Å². The molecule has 2 aromatic heterocycles. The lowest BCUT2D eigenvalue weighted by Crippen LogP contribution is -2.49. The van der Waals surface area contributed by atoms with Gasteiger partial charge in [-0.25, -0.2) is 4.79 Å². The summed E-state index contributed by atoms with van der Waals surface area (Å²) in [7, 11) is 0. The number of likely N-dealkylation sites (tertiary alicyclic amines) is 1. The van der Waals surface area contributed by atoms with Crippen LogP contribution in [-0.2, 0) is 15.8 Å². The maximum absolute atomic E-state index is 13.0. The van der Waals surface area contributed by atoms with E-state index in [4.69, 9.17) is 9.84 Å². The molecule has 212 valence electrons. The minimum atomic E-state index is -0.662. The molecule has 0 unspecified atom stereocenters. The number of rotatable bonds is 5. The van der Waals surface area contributed by atoms with Crippen LogP contribution in [-0.4, -0.2) is 51.0 Å². The van der Waals surface area contributed by atoms with Crippen molar-refractivity contribution in [2.24, 2.45) is 0 Å². The van der Waals surface area contributed by atoms with E-state index in [9.17, 15) is 14.9 Å². The van der Waals surface area contributed by atoms with Gasteiger partial charge >= 0.3 is 6.09 Å². The molecule has 40 heavy (non-hydrogen) atoms. The highest BCUT2D eigenvalue weighted by molar-refractivity contribution is 5.91. The summed E-state index contributed by atoms with van der Waals surface area (Å²) in [5, 5.41) is 22.2. The van der Waals surface area contributed by atoms with Gasteiger partial charge in [-0.1, -0.05) is 18.6 Å². The zero-order chi connectivity index (χ0) is 28.5. The third-order valence-corrected chi connectivity index (χ3v) is 8.21. The number of carbonyl (C=O) groups excluding carboxylic acids is 1. The molecule has 3 N–H and O–H groups in total. The van der Waals surface area contributed by atoms with Gasteiger partial charge in [-0.3, -0.25) is 9.48 Å². The van der Waals surface area contributed by atoms with Gasteiger partial charge in [0.05, 0.1) is 23.5 Å². The first-order valence-electron chi connectivity index (χ1n) is 14.1. The van der Waals surface area contributed by atoms with E-state index in [1.54, 1.807) is 11.1 Å². The molecule has 2 saturated heterocycles. The number of hydrogen-bond acceptors (Lipinski definition) is 7. The zero-order valence-electron chi connectivity index (χ0n) is 23.8. The van der Waals surface area contributed by atoms with E-state index < -0.39 is 11.1 Å². The van der Waals surface area contributed by atoms with Crippen LogP contribution in [0.2, 0.25) is 0 Å². The normalized spacial score (nSPS) is 21.1. The fraction of sp³-hybridized carbons (Fsp3) is 0.533. The number of ether oxygens (including phenoxy) is 1. The van der Waals surface area contributed by atoms with Crippen LogP contribution in [0.25, 0.3) is 10.9 Å². The molecule has 0 bridgehead atoms. The van der Waals surface area contributed by atoms with E-state index in [0.717, 1.165) is 18.7 Å². The number of benzene rings is 1. The van der Waals surface area contributed by atoms with Crippen molar-refractivity contribution in [3.63, 3.8) is 0 Å². The number of nitrogens with zero attached hydrogens (tertiary/aromatic N) is 4. The molecule has 10 nitrogen and oxygen atoms in total. The van der Waals surface area contributed by atoms with Crippen LogP contribution in [0.15, 0.2) is 41.3 Å². The van der Waals surface area contributed by atoms with Crippen LogP contribution in [0.4, 0.5) is 16.3 Å². The first kappa shape index (κ1) is 27.7. The second-order valence-corrected chi connectivity index (χ2v) is 12.3. The lowest BCUT2D eigenvalue weighted by atomic mass is 9.84. The summed E-state index contributed by atoms with van der Waals surface area (Å²) in [6.45, 7) is 9.65. The lowest BCUT2D eigenvalue weighted by Gasteiger charge is -2.41. The van der Waals surface area contributed by atoms with Gasteiger partial charge in [0.15, 0.2) is 5.82 Å². The molecule has 10 heteroatoms. The molecule has 3 aromatic rings. The number of nitrogens with one attached hydrogen (secondary N) is 3. The smallest absolute Gasteiger partial charge is 0.410 e. The molecule has 2 fully saturated rings. The molecule has 0 saturated carbocycles. The number of aromatic amines is 1. The molecule has 2 aliphatic rings. The largest absolute Gasteiger partial charge is 0.444 e. The van der Waals surface area contributed by atoms with Crippen LogP contribution in [0, 0.1) is 11.3 Å². The summed E-state index contributed by atoms with van der Waals surface area (Å²) in [5.74, 6) is 0.443. The molecule has 0 spiro atoms. The van der Waals surface area contributed by atoms with Crippen molar-refractivity contribution in [2.45, 2.75) is 82.9 Å². The Hall–Kier alpha value is -3.84. The number of anilines is 2. The van der Waals surface area contributed by atoms with Crippen molar-refractivity contribution >= 4 is 28.5 Å². The van der Waals surface area contributed by atoms with Gasteiger partial charge in [0.2, 0.25) is 0 Å². The average molecular weight is 546 g/mol. The van der Waals surface area contributed by atoms with E-state index in [-0.39, 0.29) is 23.6 Å². The maximum atomic E-state index is 13.0. The SMILES string of the molecule is CC(C)(C)OC(=O)N1CCC(CC#N)(n2nc(Nc3ccc([C@@]4(C)CCCCN4)cc3)c3c(=O)[nH]ccc32)CC1. The summed E-state index contributed by atoms with van der Waals surface area (Å²) >= 11 is 0. The molecule has 0 radical (unpaired) electrons. The third kappa shape index (κ3) is 5.43. The van der Waals surface area contributed by atoms with E-state index >= 15 is 0 Å². The average Bonchev–Trinajstić information content (AvgIpc) is 3.29. The molecule has 1 amide bonds. The lowest BCUT2D eigenvalue weighted by molar-refractivity contribution is 0.0110. The quantitative estimate of drug-likeness (QED) is 0.407. The van der Waals surface area contributed by atoms with Gasteiger partial charge in [0.1, 0.15) is 11.0 Å². The number of pyridine rings is 1. The van der Waals surface area contributed by atoms with Gasteiger partial charge in [-0.05, 0) is 83.7 Å². The number of H-pyrrole nitrogens is 1. The zero-order valence-corrected chi connectivity index (χ0v) is 23.8. The van der Waals surface area contributed by atoms with Gasteiger partial charge in [-0.2, -0.15) is 10.4 Å². The van der Waals surface area contributed by atoms with E-state index in [1.807, 2.05) is 43.7 Å². The van der Waals surface area contributed by atoms with Gasteiger partial charge in [-0.15, -0.1) is 0 Å². The fourth-order valence-corrected chi connectivity index (χ4v) is 5.93. The maximum Gasteiger partial charge on any atom is 0.410 e. The van der Waals surface area contributed by atoms with Crippen LogP contribution >= 0.6 is 0 Å². The highest BCUT2D eigenvalue weighted by Gasteiger charge is 2.41. The molecular weight excluding hydrogens is 506 g/mol. The van der Waals surface area contributed by atoms with Crippen molar-refractivity contribution in [1.82, 2.24) is 25.0 Å². The second kappa shape index (κ2) is 10.6. The standard InChI is InChI=1S/C30H39N7O3/c1-28(2,3)40-27(39)36-19-14-30(13-16-31,15-20-36)37-23-11-18-32-26(38)24(23)25(35-37)34-22-9-7-21(8-10-22)29(4)12-5-6-17-33-29/h7-11,18,33H,5-6,12-15,17,19-20H2,1-4H3,(H,32,38)(H,34,35)/t29-/m1/s1. The molecule has 2 aliphatic heterocycles. The Bertz CT molecular complexity index is 1460. The number of piperidine rings is 2. The van der Waals surface area contributed by atoms with E-state index in [2.05, 4.69) is 40.7 Å². The van der Waals surface area contributed by atoms with Crippen LogP contribution in [0.1, 0.15) is 71.8 Å². The number of hydrogen-bond donors (Lipinski definition) is 3. The van der Waals surface area contributed by atoms with Crippen LogP contribution < -0.4 is 16.2 Å². The van der Waals surface area contributed by atoms with Crippen molar-refractivity contribution in [1.29, 1.82) is 5.26 Å². The Morgan fingerprint density at radius 3 is 2.50 bits per heavy atom. The van der Waals surface area contributed by atoms with Crippen LogP contribution in [0.5, 0.6) is 0 Å². The third-order valence-electron chi connectivity index (χ3n) is 8.21. The van der Waals surface area contributed by atoms with E-state index in [1.165, 1.54) is 18.4 Å². The minimum Gasteiger partial charge on any atom is -0.444 e. The Morgan fingerprint density at radius 2 is 1.88 bits per heavy atom. The predicted molar refractivity (Wildman–Crippen MR) is 155 cm³/mol. The van der Waals surface area contributed by atoms with E-state index in [0.29, 0.717) is 42.7 Å².